The summed E-state index contributed by atoms with van der Waals surface area (Å²) in [5.41, 5.74) is 2.06. The van der Waals surface area contributed by atoms with Crippen molar-refractivity contribution in [3.8, 4) is 11.6 Å². The summed E-state index contributed by atoms with van der Waals surface area (Å²) in [5, 5.41) is 2.90. The first kappa shape index (κ1) is 20.4. The normalized spacial score (nSPS) is 15.7. The molecule has 3 amide bonds. The molecule has 8 heteroatoms. The number of methoxy groups -OCH3 is 1. The van der Waals surface area contributed by atoms with Crippen LogP contribution in [-0.2, 0) is 0 Å². The van der Waals surface area contributed by atoms with E-state index < -0.39 is 0 Å². The second-order valence-electron chi connectivity index (χ2n) is 7.16. The molecule has 1 saturated heterocycles. The zero-order valence-electron chi connectivity index (χ0n) is 17.1. The lowest BCUT2D eigenvalue weighted by Crippen LogP contribution is -2.34. The number of hydrogen-bond donors (Lipinski definition) is 1. The molecule has 0 spiro atoms. The molecule has 2 aromatic rings. The Kier molecular flexibility index (Phi) is 6.21. The number of pyridine rings is 1. The number of carbonyl (C=O) groups excluding carboxylic acids is 2. The molecule has 1 aromatic carbocycles. The summed E-state index contributed by atoms with van der Waals surface area (Å²) in [5.74, 6) is 0.724. The molecule has 2 heterocycles. The number of carbonyl (C=O) groups is 2. The van der Waals surface area contributed by atoms with Crippen LogP contribution in [0.3, 0.4) is 0 Å². The molecule has 0 radical (unpaired) electrons. The Hall–Kier alpha value is -3.29. The molecule has 1 aromatic heterocycles. The molecule has 0 bridgehead atoms. The molecule has 3 rings (SSSR count). The van der Waals surface area contributed by atoms with Crippen molar-refractivity contribution in [3.63, 3.8) is 0 Å². The number of rotatable bonds is 5. The van der Waals surface area contributed by atoms with Crippen LogP contribution in [0.4, 0.5) is 10.5 Å². The first-order chi connectivity index (χ1) is 13.9. The molecule has 1 fully saturated rings. The van der Waals surface area contributed by atoms with Gasteiger partial charge >= 0.3 is 6.03 Å². The maximum absolute atomic E-state index is 12.7. The molecule has 1 unspecified atom stereocenters. The van der Waals surface area contributed by atoms with Crippen LogP contribution in [0.1, 0.15) is 22.3 Å². The van der Waals surface area contributed by atoms with E-state index >= 15 is 0 Å². The van der Waals surface area contributed by atoms with Gasteiger partial charge in [-0.05, 0) is 36.8 Å². The zero-order valence-corrected chi connectivity index (χ0v) is 17.1. The summed E-state index contributed by atoms with van der Waals surface area (Å²) in [6.45, 7) is 2.91. The lowest BCUT2D eigenvalue weighted by Gasteiger charge is -2.20. The summed E-state index contributed by atoms with van der Waals surface area (Å²) >= 11 is 0. The number of hydrogen-bond acceptors (Lipinski definition) is 5. The molecule has 1 aliphatic heterocycles. The Labute approximate surface area is 170 Å². The van der Waals surface area contributed by atoms with Crippen LogP contribution >= 0.6 is 0 Å². The highest BCUT2D eigenvalue weighted by atomic mass is 16.5. The summed E-state index contributed by atoms with van der Waals surface area (Å²) in [4.78, 5) is 32.4. The van der Waals surface area contributed by atoms with E-state index in [4.69, 9.17) is 9.47 Å². The Morgan fingerprint density at radius 1 is 1.28 bits per heavy atom. The molecule has 1 aliphatic rings. The van der Waals surface area contributed by atoms with Gasteiger partial charge in [0.1, 0.15) is 17.4 Å². The summed E-state index contributed by atoms with van der Waals surface area (Å²) in [6.07, 6.45) is 2.01. The molecular weight excluding hydrogens is 372 g/mol. The topological polar surface area (TPSA) is 84.0 Å². The third kappa shape index (κ3) is 4.77. The molecule has 0 saturated carbocycles. The van der Waals surface area contributed by atoms with Crippen LogP contribution in [-0.4, -0.2) is 67.1 Å². The van der Waals surface area contributed by atoms with Crippen LogP contribution < -0.4 is 14.8 Å². The van der Waals surface area contributed by atoms with E-state index in [1.807, 2.05) is 25.1 Å². The van der Waals surface area contributed by atoms with E-state index in [1.54, 1.807) is 44.4 Å². The lowest BCUT2D eigenvalue weighted by molar-refractivity contribution is 0.0818. The summed E-state index contributed by atoms with van der Waals surface area (Å²) in [7, 11) is 4.93. The van der Waals surface area contributed by atoms with Gasteiger partial charge in [-0.25, -0.2) is 9.78 Å². The van der Waals surface area contributed by atoms with E-state index in [0.717, 1.165) is 5.56 Å². The number of nitrogens with one attached hydrogen (secondary N) is 1. The predicted octanol–water partition coefficient (Wildman–Crippen LogP) is 2.79. The number of ether oxygens (including phenoxy) is 2. The van der Waals surface area contributed by atoms with Gasteiger partial charge < -0.3 is 24.6 Å². The minimum Gasteiger partial charge on any atom is -0.495 e. The molecule has 1 N–H and O–H groups in total. The minimum atomic E-state index is -0.233. The van der Waals surface area contributed by atoms with Crippen molar-refractivity contribution in [2.24, 2.45) is 0 Å². The molecule has 29 heavy (non-hydrogen) atoms. The van der Waals surface area contributed by atoms with E-state index in [9.17, 15) is 9.59 Å². The van der Waals surface area contributed by atoms with Crippen LogP contribution in [0.25, 0.3) is 0 Å². The predicted molar refractivity (Wildman–Crippen MR) is 110 cm³/mol. The minimum absolute atomic E-state index is 0.174. The Balaban J connectivity index is 1.65. The van der Waals surface area contributed by atoms with Crippen LogP contribution in [0.15, 0.2) is 36.5 Å². The molecule has 8 nitrogen and oxygen atoms in total. The average Bonchev–Trinajstić information content (AvgIpc) is 3.16. The fourth-order valence-electron chi connectivity index (χ4n) is 3.17. The van der Waals surface area contributed by atoms with Gasteiger partial charge in [0.05, 0.1) is 19.3 Å². The average molecular weight is 398 g/mol. The van der Waals surface area contributed by atoms with Gasteiger partial charge in [0.15, 0.2) is 0 Å². The van der Waals surface area contributed by atoms with Gasteiger partial charge in [-0.15, -0.1) is 0 Å². The number of amides is 3. The van der Waals surface area contributed by atoms with Crippen molar-refractivity contribution >= 4 is 17.6 Å². The number of benzene rings is 1. The summed E-state index contributed by atoms with van der Waals surface area (Å²) < 4.78 is 11.3. The van der Waals surface area contributed by atoms with E-state index in [2.05, 4.69) is 10.3 Å². The van der Waals surface area contributed by atoms with Crippen molar-refractivity contribution in [2.75, 3.05) is 39.6 Å². The number of aromatic nitrogens is 1. The monoisotopic (exact) mass is 398 g/mol. The van der Waals surface area contributed by atoms with Gasteiger partial charge in [0.2, 0.25) is 5.88 Å². The van der Waals surface area contributed by atoms with Crippen molar-refractivity contribution < 1.29 is 19.1 Å². The van der Waals surface area contributed by atoms with Gasteiger partial charge in [0, 0.05) is 33.3 Å². The number of urea groups is 1. The van der Waals surface area contributed by atoms with Crippen molar-refractivity contribution in [1.82, 2.24) is 14.8 Å². The molecule has 0 aliphatic carbocycles. The maximum atomic E-state index is 12.7. The number of likely N-dealkylation sites (tertiary alicyclic amines) is 1. The highest BCUT2D eigenvalue weighted by molar-refractivity contribution is 5.96. The maximum Gasteiger partial charge on any atom is 0.322 e. The smallest absolute Gasteiger partial charge is 0.322 e. The Bertz CT molecular complexity index is 900. The van der Waals surface area contributed by atoms with Crippen LogP contribution in [0, 0.1) is 6.92 Å². The standard InChI is InChI=1S/C21H26N4O4/c1-14-7-8-18(28-4)17(12-14)23-21(27)25-11-9-15(13-25)29-19-16(6-5-10-22-19)20(26)24(2)3/h5-8,10,12,15H,9,11,13H2,1-4H3,(H,23,27). The third-order valence-corrected chi connectivity index (χ3v) is 4.71. The quantitative estimate of drug-likeness (QED) is 0.837. The van der Waals surface area contributed by atoms with Gasteiger partial charge in [-0.1, -0.05) is 6.07 Å². The van der Waals surface area contributed by atoms with Gasteiger partial charge in [0.25, 0.3) is 5.91 Å². The highest BCUT2D eigenvalue weighted by Crippen LogP contribution is 2.26. The van der Waals surface area contributed by atoms with E-state index in [1.165, 1.54) is 4.90 Å². The fraction of sp³-hybridized carbons (Fsp3) is 0.381. The molecular formula is C21H26N4O4. The Morgan fingerprint density at radius 2 is 2.07 bits per heavy atom. The number of nitrogens with zero attached hydrogens (tertiary/aromatic N) is 3. The van der Waals surface area contributed by atoms with E-state index in [-0.39, 0.29) is 18.0 Å². The van der Waals surface area contributed by atoms with Crippen molar-refractivity contribution in [2.45, 2.75) is 19.4 Å². The second kappa shape index (κ2) is 8.81. The highest BCUT2D eigenvalue weighted by Gasteiger charge is 2.29. The van der Waals surface area contributed by atoms with E-state index in [0.29, 0.717) is 42.4 Å². The third-order valence-electron chi connectivity index (χ3n) is 4.71. The SMILES string of the molecule is COc1ccc(C)cc1NC(=O)N1CCC(Oc2ncccc2C(=O)N(C)C)C1. The van der Waals surface area contributed by atoms with Crippen LogP contribution in [0.2, 0.25) is 0 Å². The first-order valence-corrected chi connectivity index (χ1v) is 9.43. The van der Waals surface area contributed by atoms with Crippen LogP contribution in [0.5, 0.6) is 11.6 Å². The van der Waals surface area contributed by atoms with Crippen molar-refractivity contribution in [3.05, 3.63) is 47.7 Å². The van der Waals surface area contributed by atoms with Crippen molar-refractivity contribution in [1.29, 1.82) is 0 Å². The largest absolute Gasteiger partial charge is 0.495 e. The lowest BCUT2D eigenvalue weighted by atomic mass is 10.2. The first-order valence-electron chi connectivity index (χ1n) is 9.43. The fourth-order valence-corrected chi connectivity index (χ4v) is 3.17. The number of anilines is 1. The molecule has 154 valence electrons. The second-order valence-corrected chi connectivity index (χ2v) is 7.16. The van der Waals surface area contributed by atoms with Gasteiger partial charge in [-0.3, -0.25) is 4.79 Å². The summed E-state index contributed by atoms with van der Waals surface area (Å²) in [6, 6.07) is 8.79. The number of aryl methyl sites for hydroxylation is 1. The van der Waals surface area contributed by atoms with Gasteiger partial charge in [-0.2, -0.15) is 0 Å². The molecule has 1 atom stereocenters. The Morgan fingerprint density at radius 3 is 2.79 bits per heavy atom. The zero-order chi connectivity index (χ0) is 21.0.